The summed E-state index contributed by atoms with van der Waals surface area (Å²) >= 11 is 0. The van der Waals surface area contributed by atoms with E-state index in [-0.39, 0.29) is 18.6 Å². The van der Waals surface area contributed by atoms with Gasteiger partial charge in [-0.3, -0.25) is 0 Å². The number of hydrogen-bond acceptors (Lipinski definition) is 4. The molecule has 0 bridgehead atoms. The molecule has 0 saturated carbocycles. The molecule has 0 amide bonds. The van der Waals surface area contributed by atoms with Crippen molar-refractivity contribution in [3.05, 3.63) is 59.2 Å². The highest BCUT2D eigenvalue weighted by atomic mass is 16.5. The Morgan fingerprint density at radius 2 is 1.86 bits per heavy atom. The third-order valence-corrected chi connectivity index (χ3v) is 3.24. The molecule has 0 saturated heterocycles. The van der Waals surface area contributed by atoms with Gasteiger partial charge in [0.05, 0.1) is 12.7 Å². The van der Waals surface area contributed by atoms with Gasteiger partial charge < -0.3 is 19.7 Å². The molecular formula is C17H18O5. The molecule has 5 heteroatoms. The summed E-state index contributed by atoms with van der Waals surface area (Å²) in [6.07, 6.45) is 0.243. The number of methoxy groups -OCH3 is 1. The Kier molecular flexibility index (Phi) is 5.38. The highest BCUT2D eigenvalue weighted by Crippen LogP contribution is 2.32. The third-order valence-electron chi connectivity index (χ3n) is 3.24. The fourth-order valence-corrected chi connectivity index (χ4v) is 2.14. The predicted molar refractivity (Wildman–Crippen MR) is 81.5 cm³/mol. The average molecular weight is 302 g/mol. The molecule has 116 valence electrons. The van der Waals surface area contributed by atoms with Crippen LogP contribution in [0.1, 0.15) is 21.5 Å². The van der Waals surface area contributed by atoms with Crippen LogP contribution in [0.15, 0.2) is 42.5 Å². The van der Waals surface area contributed by atoms with Crippen molar-refractivity contribution in [3.8, 4) is 11.5 Å². The highest BCUT2D eigenvalue weighted by Gasteiger charge is 2.16. The maximum absolute atomic E-state index is 11.3. The first-order valence-electron chi connectivity index (χ1n) is 6.87. The van der Waals surface area contributed by atoms with Crippen LogP contribution in [0, 0.1) is 0 Å². The lowest BCUT2D eigenvalue weighted by atomic mass is 10.0. The third kappa shape index (κ3) is 3.77. The first-order valence-corrected chi connectivity index (χ1v) is 6.87. The summed E-state index contributed by atoms with van der Waals surface area (Å²) < 4.78 is 10.9. The second-order valence-electron chi connectivity index (χ2n) is 4.71. The van der Waals surface area contributed by atoms with Gasteiger partial charge >= 0.3 is 5.97 Å². The molecule has 2 aromatic rings. The zero-order valence-electron chi connectivity index (χ0n) is 12.3. The largest absolute Gasteiger partial charge is 0.493 e. The second-order valence-corrected chi connectivity index (χ2v) is 4.71. The Morgan fingerprint density at radius 3 is 2.45 bits per heavy atom. The summed E-state index contributed by atoms with van der Waals surface area (Å²) in [5, 5.41) is 18.3. The van der Waals surface area contributed by atoms with E-state index in [1.807, 2.05) is 30.3 Å². The maximum Gasteiger partial charge on any atom is 0.336 e. The van der Waals surface area contributed by atoms with E-state index in [0.29, 0.717) is 23.7 Å². The summed E-state index contributed by atoms with van der Waals surface area (Å²) in [6, 6.07) is 12.7. The Balaban J connectivity index is 2.29. The molecule has 2 N–H and O–H groups in total. The zero-order chi connectivity index (χ0) is 15.9. The van der Waals surface area contributed by atoms with Gasteiger partial charge in [0.15, 0.2) is 11.5 Å². The van der Waals surface area contributed by atoms with Crippen molar-refractivity contribution in [1.82, 2.24) is 0 Å². The van der Waals surface area contributed by atoms with Crippen LogP contribution in [-0.2, 0) is 13.0 Å². The number of carbonyl (C=O) groups is 1. The van der Waals surface area contributed by atoms with E-state index in [9.17, 15) is 9.90 Å². The summed E-state index contributed by atoms with van der Waals surface area (Å²) in [6.45, 7) is 0.215. The number of carboxylic acids is 1. The molecule has 2 aromatic carbocycles. The number of hydrogen-bond donors (Lipinski definition) is 2. The number of rotatable bonds is 7. The van der Waals surface area contributed by atoms with Crippen molar-refractivity contribution >= 4 is 5.97 Å². The number of carboxylic acid groups (broad SMARTS) is 1. The van der Waals surface area contributed by atoms with Gasteiger partial charge in [0.2, 0.25) is 0 Å². The number of benzene rings is 2. The van der Waals surface area contributed by atoms with Gasteiger partial charge in [-0.15, -0.1) is 0 Å². The van der Waals surface area contributed by atoms with Crippen molar-refractivity contribution in [2.24, 2.45) is 0 Å². The molecule has 0 radical (unpaired) electrons. The minimum Gasteiger partial charge on any atom is -0.493 e. The van der Waals surface area contributed by atoms with Crippen molar-refractivity contribution in [1.29, 1.82) is 0 Å². The van der Waals surface area contributed by atoms with E-state index in [2.05, 4.69) is 0 Å². The second kappa shape index (κ2) is 7.47. The molecule has 0 aromatic heterocycles. The number of ether oxygens (including phenoxy) is 2. The molecule has 0 fully saturated rings. The van der Waals surface area contributed by atoms with Crippen LogP contribution in [-0.4, -0.2) is 29.9 Å². The molecule has 0 aliphatic rings. The van der Waals surface area contributed by atoms with Crippen LogP contribution in [0.25, 0.3) is 0 Å². The molecule has 0 atom stereocenters. The van der Waals surface area contributed by atoms with E-state index in [1.54, 1.807) is 6.07 Å². The number of aromatic carboxylic acids is 1. The van der Waals surface area contributed by atoms with E-state index in [4.69, 9.17) is 14.6 Å². The predicted octanol–water partition coefficient (Wildman–Crippen LogP) is 2.51. The molecule has 0 unspecified atom stereocenters. The molecular weight excluding hydrogens is 284 g/mol. The van der Waals surface area contributed by atoms with Crippen LogP contribution in [0.5, 0.6) is 11.5 Å². The van der Waals surface area contributed by atoms with Crippen LogP contribution < -0.4 is 9.47 Å². The molecule has 0 aliphatic carbocycles. The fourth-order valence-electron chi connectivity index (χ4n) is 2.14. The van der Waals surface area contributed by atoms with Gasteiger partial charge in [0.1, 0.15) is 6.61 Å². The van der Waals surface area contributed by atoms with E-state index in [0.717, 1.165) is 5.56 Å². The van der Waals surface area contributed by atoms with Crippen LogP contribution in [0.3, 0.4) is 0 Å². The van der Waals surface area contributed by atoms with E-state index in [1.165, 1.54) is 13.2 Å². The summed E-state index contributed by atoms with van der Waals surface area (Å²) in [4.78, 5) is 11.3. The lowest BCUT2D eigenvalue weighted by Gasteiger charge is -2.14. The van der Waals surface area contributed by atoms with Gasteiger partial charge in [-0.05, 0) is 29.7 Å². The minimum atomic E-state index is -1.06. The Morgan fingerprint density at radius 1 is 1.14 bits per heavy atom. The summed E-state index contributed by atoms with van der Waals surface area (Å²) in [5.74, 6) is -0.244. The van der Waals surface area contributed by atoms with Crippen molar-refractivity contribution in [2.75, 3.05) is 13.7 Å². The van der Waals surface area contributed by atoms with Crippen molar-refractivity contribution in [2.45, 2.75) is 13.0 Å². The summed E-state index contributed by atoms with van der Waals surface area (Å²) in [7, 11) is 1.46. The molecule has 0 aliphatic heterocycles. The smallest absolute Gasteiger partial charge is 0.336 e. The van der Waals surface area contributed by atoms with Crippen molar-refractivity contribution in [3.63, 3.8) is 0 Å². The number of aliphatic hydroxyl groups excluding tert-OH is 1. The average Bonchev–Trinajstić information content (AvgIpc) is 2.54. The number of aliphatic hydroxyl groups is 1. The van der Waals surface area contributed by atoms with E-state index < -0.39 is 5.97 Å². The monoisotopic (exact) mass is 302 g/mol. The van der Waals surface area contributed by atoms with Gasteiger partial charge in [0.25, 0.3) is 0 Å². The van der Waals surface area contributed by atoms with Crippen LogP contribution in [0.2, 0.25) is 0 Å². The Bertz CT molecular complexity index is 637. The molecule has 5 nitrogen and oxygen atoms in total. The maximum atomic E-state index is 11.3. The highest BCUT2D eigenvalue weighted by molar-refractivity contribution is 5.90. The molecule has 2 rings (SSSR count). The van der Waals surface area contributed by atoms with Gasteiger partial charge in [-0.1, -0.05) is 30.3 Å². The molecule has 22 heavy (non-hydrogen) atoms. The normalized spacial score (nSPS) is 10.3. The lowest BCUT2D eigenvalue weighted by molar-refractivity contribution is 0.0695. The Labute approximate surface area is 128 Å². The quantitative estimate of drug-likeness (QED) is 0.822. The van der Waals surface area contributed by atoms with Crippen LogP contribution in [0.4, 0.5) is 0 Å². The molecule has 0 heterocycles. The lowest BCUT2D eigenvalue weighted by Crippen LogP contribution is -2.07. The van der Waals surface area contributed by atoms with Gasteiger partial charge in [-0.25, -0.2) is 4.79 Å². The molecule has 0 spiro atoms. The Hall–Kier alpha value is -2.53. The first-order chi connectivity index (χ1) is 10.7. The van der Waals surface area contributed by atoms with Gasteiger partial charge in [0, 0.05) is 6.61 Å². The van der Waals surface area contributed by atoms with Crippen LogP contribution >= 0.6 is 0 Å². The van der Waals surface area contributed by atoms with Gasteiger partial charge in [-0.2, -0.15) is 0 Å². The van der Waals surface area contributed by atoms with Crippen molar-refractivity contribution < 1.29 is 24.5 Å². The standard InChI is InChI=1S/C17H18O5/c1-21-15-10-14(17(19)20)13(7-8-18)9-16(15)22-11-12-5-3-2-4-6-12/h2-6,9-10,18H,7-8,11H2,1H3,(H,19,20). The SMILES string of the molecule is COc1cc(C(=O)O)c(CCO)cc1OCc1ccccc1. The zero-order valence-corrected chi connectivity index (χ0v) is 12.3. The fraction of sp³-hybridized carbons (Fsp3) is 0.235. The van der Waals surface area contributed by atoms with E-state index >= 15 is 0 Å². The first kappa shape index (κ1) is 15.9. The topological polar surface area (TPSA) is 76.0 Å². The summed E-state index contributed by atoms with van der Waals surface area (Å²) in [5.41, 5.74) is 1.62. The minimum absolute atomic E-state index is 0.109.